The van der Waals surface area contributed by atoms with Crippen LogP contribution in [-0.4, -0.2) is 13.9 Å². The Labute approximate surface area is 140 Å². The molecule has 136 valence electrons. The van der Waals surface area contributed by atoms with Gasteiger partial charge < -0.3 is 5.73 Å². The monoisotopic (exact) mass is 380 g/mol. The van der Waals surface area contributed by atoms with Gasteiger partial charge in [0.05, 0.1) is 12.1 Å². The van der Waals surface area contributed by atoms with Crippen LogP contribution in [0.3, 0.4) is 0 Å². The van der Waals surface area contributed by atoms with Crippen LogP contribution >= 0.6 is 0 Å². The van der Waals surface area contributed by atoms with Crippen LogP contribution in [0.5, 0.6) is 0 Å². The Kier molecular flexibility index (Phi) is 5.45. The van der Waals surface area contributed by atoms with Crippen molar-refractivity contribution in [3.05, 3.63) is 71.3 Å². The van der Waals surface area contributed by atoms with Crippen LogP contribution in [0, 0.1) is 11.6 Å². The topological polar surface area (TPSA) is 72.2 Å². The number of halogens is 5. The minimum Gasteiger partial charge on any atom is -0.322 e. The molecule has 0 aliphatic rings. The lowest BCUT2D eigenvalue weighted by Crippen LogP contribution is -2.42. The average molecular weight is 380 g/mol. The van der Waals surface area contributed by atoms with Gasteiger partial charge in [0.1, 0.15) is 11.6 Å². The van der Waals surface area contributed by atoms with Crippen molar-refractivity contribution >= 4 is 10.0 Å². The van der Waals surface area contributed by atoms with Crippen molar-refractivity contribution in [2.75, 3.05) is 0 Å². The largest absolute Gasteiger partial charge is 0.511 e. The highest BCUT2D eigenvalue weighted by Gasteiger charge is 2.47. The molecule has 10 heteroatoms. The summed E-state index contributed by atoms with van der Waals surface area (Å²) in [5.41, 5.74) is 0.180. The van der Waals surface area contributed by atoms with Crippen LogP contribution in [0.25, 0.3) is 0 Å². The second kappa shape index (κ2) is 7.06. The molecule has 0 aliphatic carbocycles. The molecule has 3 N–H and O–H groups in total. The number of nitrogens with one attached hydrogen (secondary N) is 1. The highest BCUT2D eigenvalue weighted by Crippen LogP contribution is 2.31. The van der Waals surface area contributed by atoms with E-state index in [0.717, 1.165) is 24.3 Å². The molecule has 2 aromatic carbocycles. The van der Waals surface area contributed by atoms with E-state index < -0.39 is 39.2 Å². The molecule has 2 aromatic rings. The molecule has 0 aliphatic heterocycles. The Morgan fingerprint density at radius 2 is 1.40 bits per heavy atom. The van der Waals surface area contributed by atoms with E-state index in [1.54, 1.807) is 0 Å². The molecule has 0 amide bonds. The standard InChI is InChI=1S/C15H13F5N2O2S/c16-11-5-1-3-9(7-11)13(21)14(10-4-2-6-12(17)8-10)22-25(23,24)15(18,19)20/h1-8,13-14,22H,21H2/t13-,14-/m1/s1. The Morgan fingerprint density at radius 1 is 0.920 bits per heavy atom. The molecule has 0 heterocycles. The maximum Gasteiger partial charge on any atom is 0.511 e. The van der Waals surface area contributed by atoms with E-state index >= 15 is 0 Å². The average Bonchev–Trinajstić information content (AvgIpc) is 2.51. The number of hydrogen-bond acceptors (Lipinski definition) is 3. The molecule has 0 fully saturated rings. The first-order valence-corrected chi connectivity index (χ1v) is 8.35. The minimum absolute atomic E-state index is 0.0409. The number of hydrogen-bond donors (Lipinski definition) is 2. The lowest BCUT2D eigenvalue weighted by Gasteiger charge is -2.26. The van der Waals surface area contributed by atoms with Crippen LogP contribution in [0.15, 0.2) is 48.5 Å². The summed E-state index contributed by atoms with van der Waals surface area (Å²) in [7, 11) is -5.77. The first-order chi connectivity index (χ1) is 11.5. The molecule has 0 unspecified atom stereocenters. The lowest BCUT2D eigenvalue weighted by atomic mass is 9.95. The Hall–Kier alpha value is -2.04. The van der Waals surface area contributed by atoms with Gasteiger partial charge in [-0.05, 0) is 35.4 Å². The summed E-state index contributed by atoms with van der Waals surface area (Å²) in [6, 6.07) is 5.87. The third-order valence-electron chi connectivity index (χ3n) is 3.39. The predicted octanol–water partition coefficient (Wildman–Crippen LogP) is 3.15. The van der Waals surface area contributed by atoms with Crippen LogP contribution in [0.1, 0.15) is 23.2 Å². The first kappa shape index (κ1) is 19.3. The molecule has 0 saturated carbocycles. The third-order valence-corrected chi connectivity index (χ3v) is 4.56. The lowest BCUT2D eigenvalue weighted by molar-refractivity contribution is -0.0451. The molecule has 2 rings (SSSR count). The van der Waals surface area contributed by atoms with Gasteiger partial charge in [-0.2, -0.15) is 17.9 Å². The smallest absolute Gasteiger partial charge is 0.322 e. The van der Waals surface area contributed by atoms with Crippen molar-refractivity contribution in [1.82, 2.24) is 4.72 Å². The van der Waals surface area contributed by atoms with Gasteiger partial charge in [0.15, 0.2) is 0 Å². The van der Waals surface area contributed by atoms with Crippen LogP contribution in [0.4, 0.5) is 22.0 Å². The maximum absolute atomic E-state index is 13.4. The number of rotatable bonds is 5. The second-order valence-electron chi connectivity index (χ2n) is 5.18. The maximum atomic E-state index is 13.4. The number of alkyl halides is 3. The van der Waals surface area contributed by atoms with E-state index in [9.17, 15) is 30.4 Å². The summed E-state index contributed by atoms with van der Waals surface area (Å²) in [4.78, 5) is 0. The van der Waals surface area contributed by atoms with Crippen LogP contribution in [0.2, 0.25) is 0 Å². The minimum atomic E-state index is -5.77. The molecular weight excluding hydrogens is 367 g/mol. The van der Waals surface area contributed by atoms with Crippen molar-refractivity contribution in [2.24, 2.45) is 5.73 Å². The van der Waals surface area contributed by atoms with Gasteiger partial charge in [-0.1, -0.05) is 24.3 Å². The molecule has 4 nitrogen and oxygen atoms in total. The zero-order valence-corrected chi connectivity index (χ0v) is 13.3. The summed E-state index contributed by atoms with van der Waals surface area (Å²) in [6.45, 7) is 0. The van der Waals surface area contributed by atoms with Crippen molar-refractivity contribution in [2.45, 2.75) is 17.6 Å². The zero-order chi connectivity index (χ0) is 18.8. The van der Waals surface area contributed by atoms with Gasteiger partial charge in [-0.25, -0.2) is 17.2 Å². The van der Waals surface area contributed by atoms with Gasteiger partial charge in [0.2, 0.25) is 0 Å². The highest BCUT2D eigenvalue weighted by molar-refractivity contribution is 7.90. The summed E-state index contributed by atoms with van der Waals surface area (Å²) in [6.07, 6.45) is 0. The molecule has 0 aromatic heterocycles. The Balaban J connectivity index is 2.49. The molecule has 25 heavy (non-hydrogen) atoms. The number of sulfonamides is 1. The Morgan fingerprint density at radius 3 is 1.88 bits per heavy atom. The third kappa shape index (κ3) is 4.53. The van der Waals surface area contributed by atoms with Crippen LogP contribution in [-0.2, 0) is 10.0 Å². The SMILES string of the molecule is N[C@H](c1cccc(F)c1)[C@H](NS(=O)(=O)C(F)(F)F)c1cccc(F)c1. The normalized spacial score (nSPS) is 15.0. The van der Waals surface area contributed by atoms with Gasteiger partial charge in [0.25, 0.3) is 0 Å². The van der Waals surface area contributed by atoms with Gasteiger partial charge in [-0.15, -0.1) is 0 Å². The van der Waals surface area contributed by atoms with E-state index in [1.807, 2.05) is 0 Å². The number of benzene rings is 2. The van der Waals surface area contributed by atoms with E-state index in [1.165, 1.54) is 29.0 Å². The fourth-order valence-corrected chi connectivity index (χ4v) is 2.94. The van der Waals surface area contributed by atoms with E-state index in [4.69, 9.17) is 5.73 Å². The van der Waals surface area contributed by atoms with Crippen molar-refractivity contribution in [3.63, 3.8) is 0 Å². The molecule has 0 saturated heterocycles. The summed E-state index contributed by atoms with van der Waals surface area (Å²) in [5, 5.41) is 0. The summed E-state index contributed by atoms with van der Waals surface area (Å²) < 4.78 is 89.2. The number of nitrogens with two attached hydrogens (primary N) is 1. The van der Waals surface area contributed by atoms with Crippen molar-refractivity contribution < 1.29 is 30.4 Å². The fourth-order valence-electron chi connectivity index (χ4n) is 2.19. The van der Waals surface area contributed by atoms with Crippen LogP contribution < -0.4 is 10.5 Å². The van der Waals surface area contributed by atoms with Crippen molar-refractivity contribution in [3.8, 4) is 0 Å². The second-order valence-corrected chi connectivity index (χ2v) is 6.89. The van der Waals surface area contributed by atoms with E-state index in [-0.39, 0.29) is 11.1 Å². The fraction of sp³-hybridized carbons (Fsp3) is 0.200. The Bertz CT molecular complexity index is 855. The summed E-state index contributed by atoms with van der Waals surface area (Å²) >= 11 is 0. The predicted molar refractivity (Wildman–Crippen MR) is 80.6 cm³/mol. The highest BCUT2D eigenvalue weighted by atomic mass is 32.2. The molecule has 0 bridgehead atoms. The van der Waals surface area contributed by atoms with Crippen molar-refractivity contribution in [1.29, 1.82) is 0 Å². The molecule has 0 radical (unpaired) electrons. The first-order valence-electron chi connectivity index (χ1n) is 6.86. The zero-order valence-electron chi connectivity index (χ0n) is 12.5. The van der Waals surface area contributed by atoms with Gasteiger partial charge in [0, 0.05) is 0 Å². The van der Waals surface area contributed by atoms with E-state index in [0.29, 0.717) is 0 Å². The molecule has 2 atom stereocenters. The van der Waals surface area contributed by atoms with Gasteiger partial charge >= 0.3 is 15.5 Å². The molecular formula is C15H13F5N2O2S. The quantitative estimate of drug-likeness (QED) is 0.783. The summed E-state index contributed by atoms with van der Waals surface area (Å²) in [5.74, 6) is -1.50. The molecule has 0 spiro atoms. The van der Waals surface area contributed by atoms with E-state index in [2.05, 4.69) is 0 Å². The van der Waals surface area contributed by atoms with Gasteiger partial charge in [-0.3, -0.25) is 0 Å².